The second-order valence-corrected chi connectivity index (χ2v) is 26.7. The zero-order valence-corrected chi connectivity index (χ0v) is 50.8. The second kappa shape index (κ2) is 31.0. The first kappa shape index (κ1) is 70.0. The van der Waals surface area contributed by atoms with Crippen LogP contribution >= 0.6 is 11.6 Å². The summed E-state index contributed by atoms with van der Waals surface area (Å²) in [5.41, 5.74) is 6.82. The Hall–Kier alpha value is -7.51. The summed E-state index contributed by atoms with van der Waals surface area (Å²) in [5, 5.41) is 7.56. The first-order valence-corrected chi connectivity index (χ1v) is 32.8. The van der Waals surface area contributed by atoms with Crippen LogP contribution in [0.3, 0.4) is 0 Å². The Kier molecular flexibility index (Phi) is 25.6. The normalized spacial score (nSPS) is 11.4. The van der Waals surface area contributed by atoms with Crippen molar-refractivity contribution < 1.29 is 79.3 Å². The number of rotatable bonds is 15. The van der Waals surface area contributed by atoms with Gasteiger partial charge in [0.25, 0.3) is 40.5 Å². The smallest absolute Gasteiger partial charge is 0.294 e. The van der Waals surface area contributed by atoms with Crippen molar-refractivity contribution in [3.05, 3.63) is 221 Å². The molecule has 0 fully saturated rings. The fourth-order valence-corrected chi connectivity index (χ4v) is 9.54. The largest absolute Gasteiger partial charge is 0.487 e. The predicted octanol–water partition coefficient (Wildman–Crippen LogP) is 10.3. The van der Waals surface area contributed by atoms with Gasteiger partial charge in [-0.05, 0) is 142 Å². The molecule has 28 heteroatoms. The number of halogens is 2. The molecule has 0 aliphatic carbocycles. The Morgan fingerprint density at radius 3 is 1.46 bits per heavy atom. The third kappa shape index (κ3) is 24.2. The van der Waals surface area contributed by atoms with Gasteiger partial charge in [-0.1, -0.05) is 94.5 Å². The zero-order valence-electron chi connectivity index (χ0n) is 46.0. The molecule has 0 saturated carbocycles. The maximum atomic E-state index is 13.4. The van der Waals surface area contributed by atoms with Crippen LogP contribution in [0.1, 0.15) is 33.6 Å². The molecule has 0 bridgehead atoms. The van der Waals surface area contributed by atoms with E-state index in [-0.39, 0.29) is 43.2 Å². The van der Waals surface area contributed by atoms with Gasteiger partial charge in [0.2, 0.25) is 0 Å². The number of hydrogen-bond acceptors (Lipinski definition) is 16. The average molecular weight is 1290 g/mol. The van der Waals surface area contributed by atoms with E-state index in [2.05, 4.69) is 20.6 Å². The van der Waals surface area contributed by atoms with Crippen LogP contribution in [0.15, 0.2) is 200 Å². The number of aryl methyl sites for hydroxylation is 4. The lowest BCUT2D eigenvalue weighted by Gasteiger charge is -2.12. The summed E-state index contributed by atoms with van der Waals surface area (Å²) >= 11 is 6.47. The molecule has 0 spiro atoms. The van der Waals surface area contributed by atoms with Gasteiger partial charge in [0.15, 0.2) is 0 Å². The van der Waals surface area contributed by atoms with Gasteiger partial charge < -0.3 is 25.3 Å². The highest BCUT2D eigenvalue weighted by Crippen LogP contribution is 2.33. The molecular formula is C57H60ClFN4O17S5. The van der Waals surface area contributed by atoms with Gasteiger partial charge in [0.05, 0.1) is 42.4 Å². The van der Waals surface area contributed by atoms with Crippen molar-refractivity contribution >= 4 is 84.3 Å². The van der Waals surface area contributed by atoms with Crippen molar-refractivity contribution in [2.45, 2.75) is 60.4 Å². The molecule has 2 heterocycles. The van der Waals surface area contributed by atoms with Gasteiger partial charge in [-0.3, -0.25) is 18.2 Å². The monoisotopic (exact) mass is 1290 g/mol. The second-order valence-electron chi connectivity index (χ2n) is 18.4. The van der Waals surface area contributed by atoms with Crippen LogP contribution in [-0.4, -0.2) is 94.3 Å². The number of hydrogen-bond donors (Lipinski definition) is 6. The summed E-state index contributed by atoms with van der Waals surface area (Å²) < 4.78 is 166. The number of furan rings is 1. The minimum Gasteiger partial charge on any atom is -0.487 e. The highest BCUT2D eigenvalue weighted by molar-refractivity contribution is 7.90. The van der Waals surface area contributed by atoms with Crippen LogP contribution in [-0.2, 0) is 63.5 Å². The number of anilines is 2. The molecule has 21 nitrogen and oxygen atoms in total. The number of nitrogens with one attached hydrogen (secondary N) is 2. The molecule has 0 amide bonds. The molecule has 7 aromatic carbocycles. The molecule has 9 aromatic rings. The summed E-state index contributed by atoms with van der Waals surface area (Å²) in [6.45, 7) is 8.32. The van der Waals surface area contributed by atoms with Crippen molar-refractivity contribution in [3.8, 4) is 17.1 Å². The minimum absolute atomic E-state index is 0. The molecule has 85 heavy (non-hydrogen) atoms. The molecule has 0 saturated heterocycles. The van der Waals surface area contributed by atoms with E-state index in [0.29, 0.717) is 52.5 Å². The summed E-state index contributed by atoms with van der Waals surface area (Å²) in [7, 11) is -19.1. The van der Waals surface area contributed by atoms with Gasteiger partial charge in [0, 0.05) is 29.4 Å². The van der Waals surface area contributed by atoms with Crippen molar-refractivity contribution in [2.75, 3.05) is 23.9 Å². The molecule has 0 radical (unpaired) electrons. The number of benzene rings is 7. The fraction of sp³-hybridized carbons (Fsp3) is 0.158. The van der Waals surface area contributed by atoms with Crippen LogP contribution < -0.4 is 15.4 Å². The lowest BCUT2D eigenvalue weighted by molar-refractivity contribution is 0.306. The molecule has 454 valence electrons. The molecule has 9 rings (SSSR count). The number of aromatic nitrogens is 2. The van der Waals surface area contributed by atoms with Gasteiger partial charge in [-0.25, -0.2) is 22.8 Å². The lowest BCUT2D eigenvalue weighted by atomic mass is 10.1. The van der Waals surface area contributed by atoms with Crippen molar-refractivity contribution in [1.82, 2.24) is 15.3 Å². The Morgan fingerprint density at radius 2 is 1.04 bits per heavy atom. The predicted molar refractivity (Wildman–Crippen MR) is 322 cm³/mol. The molecule has 0 aliphatic rings. The number of sulfone groups is 1. The van der Waals surface area contributed by atoms with Crippen molar-refractivity contribution in [2.24, 2.45) is 0 Å². The zero-order chi connectivity index (χ0) is 62.0. The highest BCUT2D eigenvalue weighted by Gasteiger charge is 2.14. The van der Waals surface area contributed by atoms with Crippen LogP contribution in [0.5, 0.6) is 5.75 Å². The maximum Gasteiger partial charge on any atom is 0.294 e. The summed E-state index contributed by atoms with van der Waals surface area (Å²) in [6, 6.07) is 44.9. The first-order chi connectivity index (χ1) is 39.2. The third-order valence-corrected chi connectivity index (χ3v) is 16.0. The van der Waals surface area contributed by atoms with Gasteiger partial charge in [0.1, 0.15) is 51.7 Å². The van der Waals surface area contributed by atoms with E-state index in [1.54, 1.807) is 72.8 Å². The Labute approximate surface area is 497 Å². The number of fused-ring (bicyclic) bond motifs is 1. The summed E-state index contributed by atoms with van der Waals surface area (Å²) in [4.78, 5) is 8.53. The van der Waals surface area contributed by atoms with Crippen LogP contribution in [0.2, 0.25) is 5.02 Å². The minimum atomic E-state index is -4.02. The summed E-state index contributed by atoms with van der Waals surface area (Å²) in [5.74, 6) is 2.17. The van der Waals surface area contributed by atoms with Gasteiger partial charge in [-0.15, -0.1) is 0 Å². The van der Waals surface area contributed by atoms with E-state index < -0.39 is 50.3 Å². The van der Waals surface area contributed by atoms with E-state index in [0.717, 1.165) is 38.7 Å². The molecule has 0 atom stereocenters. The number of ether oxygens (including phenoxy) is 1. The van der Waals surface area contributed by atoms with Crippen molar-refractivity contribution in [1.29, 1.82) is 0 Å². The maximum absolute atomic E-state index is 13.4. The Morgan fingerprint density at radius 1 is 0.565 bits per heavy atom. The molecular weight excluding hydrogens is 1230 g/mol. The van der Waals surface area contributed by atoms with Gasteiger partial charge >= 0.3 is 0 Å². The topological polar surface area (TPSA) is 355 Å². The summed E-state index contributed by atoms with van der Waals surface area (Å²) in [6.07, 6.45) is 2.69. The van der Waals surface area contributed by atoms with E-state index in [9.17, 15) is 46.5 Å². The van der Waals surface area contributed by atoms with E-state index >= 15 is 0 Å². The highest BCUT2D eigenvalue weighted by atomic mass is 35.5. The van der Waals surface area contributed by atoms with E-state index in [4.69, 9.17) is 39.0 Å². The Bertz CT molecular complexity index is 3960. The molecule has 0 aliphatic heterocycles. The van der Waals surface area contributed by atoms with Crippen LogP contribution in [0, 0.1) is 33.5 Å². The number of nitrogens with zero attached hydrogens (tertiary/aromatic N) is 2. The lowest BCUT2D eigenvalue weighted by Crippen LogP contribution is -2.21. The Balaban J connectivity index is 0.000000277. The van der Waals surface area contributed by atoms with Gasteiger partial charge in [-0.2, -0.15) is 33.7 Å². The molecule has 2 aromatic heterocycles. The average Bonchev–Trinajstić information content (AvgIpc) is 3.08. The molecule has 0 unspecified atom stereocenters. The van der Waals surface area contributed by atoms with Crippen LogP contribution in [0.4, 0.5) is 15.9 Å². The SMILES string of the molecule is CS(=O)(=O)CCNCc1ccc(-c2ccc3ncnc(Nc4ccc(OCc5cccc(F)c5)c(Cl)c4)c3c2)o1.Cc1ccc(S(=O)(=O)O)cc1.Cc1ccc(S(=O)(=O)O)cc1.Cc1ccc(S(=O)(=O)O)cc1.Cc1ccc(S(=O)(=O)O)cc1.O. The third-order valence-electron chi connectivity index (χ3n) is 11.3. The fourth-order valence-electron chi connectivity index (χ4n) is 6.87. The van der Waals surface area contributed by atoms with Crippen LogP contribution in [0.25, 0.3) is 22.2 Å². The van der Waals surface area contributed by atoms with E-state index in [1.807, 2.05) is 64.1 Å². The molecule has 8 N–H and O–H groups in total. The standard InChI is InChI=1S/C29H26ClFN4O4S.4C7H8O3S.H2O/c1-40(36,37)12-11-32-16-23-7-10-27(39-23)20-5-8-26-24(14-20)29(34-18-33-26)35-22-6-9-28(25(30)15-22)38-17-19-3-2-4-21(31)13-19;4*1-6-2-4-7(5-3-6)11(8,9)10;/h2-10,13-15,18,32H,11-12,16-17H2,1H3,(H,33,34,35);4*2-5H,1H3,(H,8,9,10);1H2. The van der Waals surface area contributed by atoms with E-state index in [1.165, 1.54) is 73.2 Å². The van der Waals surface area contributed by atoms with Crippen molar-refractivity contribution in [3.63, 3.8) is 0 Å². The first-order valence-electron chi connectivity index (χ1n) is 24.6. The quantitative estimate of drug-likeness (QED) is 0.0410.